The predicted molar refractivity (Wildman–Crippen MR) is 94.5 cm³/mol. The van der Waals surface area contributed by atoms with Gasteiger partial charge in [0.1, 0.15) is 5.75 Å². The minimum absolute atomic E-state index is 0.112. The molecule has 0 radical (unpaired) electrons. The van der Waals surface area contributed by atoms with E-state index in [0.29, 0.717) is 5.75 Å². The number of thioether (sulfide) groups is 1. The van der Waals surface area contributed by atoms with E-state index in [1.165, 1.54) is 11.8 Å². The standard InChI is InChI=1S/C19H17NO2S/c1-13-10-19(20-17-11-15(22-2)8-9-16(13)17)23-12-18(21)14-6-4-3-5-7-14/h3-11H,12H2,1-2H3. The number of rotatable bonds is 5. The zero-order valence-corrected chi connectivity index (χ0v) is 13.9. The van der Waals surface area contributed by atoms with Gasteiger partial charge in [-0.05, 0) is 30.7 Å². The Kier molecular flexibility index (Phi) is 4.63. The Hall–Kier alpha value is -2.33. The van der Waals surface area contributed by atoms with Crippen molar-refractivity contribution in [3.05, 3.63) is 65.7 Å². The number of aryl methyl sites for hydroxylation is 1. The van der Waals surface area contributed by atoms with Crippen LogP contribution in [-0.4, -0.2) is 23.6 Å². The second kappa shape index (κ2) is 6.84. The summed E-state index contributed by atoms with van der Waals surface area (Å²) in [6.45, 7) is 2.06. The maximum absolute atomic E-state index is 12.2. The molecule has 1 aromatic heterocycles. The number of nitrogens with zero attached hydrogens (tertiary/aromatic N) is 1. The predicted octanol–water partition coefficient (Wildman–Crippen LogP) is 4.53. The SMILES string of the molecule is COc1ccc2c(C)cc(SCC(=O)c3ccccc3)nc2c1. The van der Waals surface area contributed by atoms with Crippen LogP contribution in [0, 0.1) is 6.92 Å². The van der Waals surface area contributed by atoms with Gasteiger partial charge in [-0.2, -0.15) is 0 Å². The highest BCUT2D eigenvalue weighted by atomic mass is 32.2. The number of pyridine rings is 1. The van der Waals surface area contributed by atoms with E-state index in [2.05, 4.69) is 11.9 Å². The molecule has 0 aliphatic rings. The topological polar surface area (TPSA) is 39.2 Å². The highest BCUT2D eigenvalue weighted by molar-refractivity contribution is 7.99. The minimum Gasteiger partial charge on any atom is -0.497 e. The number of ether oxygens (including phenoxy) is 1. The van der Waals surface area contributed by atoms with Gasteiger partial charge in [-0.15, -0.1) is 0 Å². The summed E-state index contributed by atoms with van der Waals surface area (Å²) in [5, 5.41) is 1.96. The fraction of sp³-hybridized carbons (Fsp3) is 0.158. The number of hydrogen-bond acceptors (Lipinski definition) is 4. The van der Waals surface area contributed by atoms with Gasteiger partial charge in [0.05, 0.1) is 23.4 Å². The van der Waals surface area contributed by atoms with Crippen LogP contribution in [0.25, 0.3) is 10.9 Å². The Bertz CT molecular complexity index is 847. The van der Waals surface area contributed by atoms with Crippen molar-refractivity contribution in [2.24, 2.45) is 0 Å². The smallest absolute Gasteiger partial charge is 0.173 e. The molecule has 0 unspecified atom stereocenters. The number of aromatic nitrogens is 1. The quantitative estimate of drug-likeness (QED) is 0.511. The lowest BCUT2D eigenvalue weighted by Gasteiger charge is -2.08. The van der Waals surface area contributed by atoms with Crippen molar-refractivity contribution in [2.45, 2.75) is 11.9 Å². The molecule has 0 aliphatic carbocycles. The Morgan fingerprint density at radius 1 is 1.13 bits per heavy atom. The van der Waals surface area contributed by atoms with E-state index in [1.807, 2.05) is 54.6 Å². The van der Waals surface area contributed by atoms with Gasteiger partial charge in [-0.1, -0.05) is 42.1 Å². The number of Topliss-reactive ketones (excluding diaryl/α,β-unsaturated/α-hetero) is 1. The molecule has 0 N–H and O–H groups in total. The van der Waals surface area contributed by atoms with Gasteiger partial charge in [0.2, 0.25) is 0 Å². The summed E-state index contributed by atoms with van der Waals surface area (Å²) < 4.78 is 5.26. The highest BCUT2D eigenvalue weighted by Crippen LogP contribution is 2.27. The van der Waals surface area contributed by atoms with Crippen molar-refractivity contribution in [3.63, 3.8) is 0 Å². The van der Waals surface area contributed by atoms with E-state index in [1.54, 1.807) is 7.11 Å². The number of carbonyl (C=O) groups excluding carboxylic acids is 1. The Morgan fingerprint density at radius 2 is 1.91 bits per heavy atom. The van der Waals surface area contributed by atoms with Crippen LogP contribution in [0.15, 0.2) is 59.6 Å². The maximum atomic E-state index is 12.2. The first-order valence-electron chi connectivity index (χ1n) is 7.34. The largest absolute Gasteiger partial charge is 0.497 e. The third kappa shape index (κ3) is 3.54. The average Bonchev–Trinajstić information content (AvgIpc) is 2.60. The summed E-state index contributed by atoms with van der Waals surface area (Å²) >= 11 is 1.46. The van der Waals surface area contributed by atoms with Gasteiger partial charge >= 0.3 is 0 Å². The summed E-state index contributed by atoms with van der Waals surface area (Å²) in [6.07, 6.45) is 0. The molecule has 116 valence electrons. The number of fused-ring (bicyclic) bond motifs is 1. The molecule has 2 aromatic carbocycles. The second-order valence-electron chi connectivity index (χ2n) is 5.24. The molecule has 0 atom stereocenters. The summed E-state index contributed by atoms with van der Waals surface area (Å²) in [5.41, 5.74) is 2.77. The summed E-state index contributed by atoms with van der Waals surface area (Å²) in [4.78, 5) is 16.8. The van der Waals surface area contributed by atoms with Crippen LogP contribution < -0.4 is 4.74 Å². The van der Waals surface area contributed by atoms with Crippen molar-refractivity contribution >= 4 is 28.4 Å². The van der Waals surface area contributed by atoms with Crippen LogP contribution in [0.5, 0.6) is 5.75 Å². The van der Waals surface area contributed by atoms with Crippen LogP contribution in [-0.2, 0) is 0 Å². The highest BCUT2D eigenvalue weighted by Gasteiger charge is 2.09. The second-order valence-corrected chi connectivity index (χ2v) is 6.23. The molecule has 4 heteroatoms. The first-order valence-corrected chi connectivity index (χ1v) is 8.32. The van der Waals surface area contributed by atoms with E-state index in [4.69, 9.17) is 4.74 Å². The van der Waals surface area contributed by atoms with Crippen LogP contribution >= 0.6 is 11.8 Å². The molecule has 0 saturated carbocycles. The van der Waals surface area contributed by atoms with Gasteiger partial charge < -0.3 is 4.74 Å². The first-order chi connectivity index (χ1) is 11.2. The normalized spacial score (nSPS) is 10.7. The molecule has 0 aliphatic heterocycles. The van der Waals surface area contributed by atoms with Crippen molar-refractivity contribution < 1.29 is 9.53 Å². The van der Waals surface area contributed by atoms with E-state index in [0.717, 1.165) is 32.8 Å². The van der Waals surface area contributed by atoms with E-state index in [9.17, 15) is 4.79 Å². The summed E-state index contributed by atoms with van der Waals surface area (Å²) in [5.74, 6) is 1.28. The lowest BCUT2D eigenvalue weighted by atomic mass is 10.1. The molecule has 3 rings (SSSR count). The van der Waals surface area contributed by atoms with Crippen molar-refractivity contribution in [3.8, 4) is 5.75 Å². The molecule has 23 heavy (non-hydrogen) atoms. The molecular weight excluding hydrogens is 306 g/mol. The Balaban J connectivity index is 1.81. The van der Waals surface area contributed by atoms with Crippen molar-refractivity contribution in [1.29, 1.82) is 0 Å². The van der Waals surface area contributed by atoms with Crippen molar-refractivity contribution in [1.82, 2.24) is 4.98 Å². The van der Waals surface area contributed by atoms with Crippen LogP contribution in [0.1, 0.15) is 15.9 Å². The molecule has 0 amide bonds. The summed E-state index contributed by atoms with van der Waals surface area (Å²) in [6, 6.07) is 17.2. The first kappa shape index (κ1) is 15.6. The van der Waals surface area contributed by atoms with Gasteiger partial charge in [0, 0.05) is 17.0 Å². The summed E-state index contributed by atoms with van der Waals surface area (Å²) in [7, 11) is 1.64. The lowest BCUT2D eigenvalue weighted by Crippen LogP contribution is -2.02. The third-order valence-corrected chi connectivity index (χ3v) is 4.56. The monoisotopic (exact) mass is 323 g/mol. The molecular formula is C19H17NO2S. The lowest BCUT2D eigenvalue weighted by molar-refractivity contribution is 0.102. The molecule has 0 spiro atoms. The average molecular weight is 323 g/mol. The minimum atomic E-state index is 0.112. The molecule has 0 fully saturated rings. The number of benzene rings is 2. The number of hydrogen-bond donors (Lipinski definition) is 0. The molecule has 3 aromatic rings. The van der Waals surface area contributed by atoms with E-state index < -0.39 is 0 Å². The fourth-order valence-corrected chi connectivity index (χ4v) is 3.27. The van der Waals surface area contributed by atoms with Crippen LogP contribution in [0.3, 0.4) is 0 Å². The molecule has 3 nitrogen and oxygen atoms in total. The van der Waals surface area contributed by atoms with E-state index in [-0.39, 0.29) is 5.78 Å². The van der Waals surface area contributed by atoms with Crippen LogP contribution in [0.4, 0.5) is 0 Å². The number of carbonyl (C=O) groups is 1. The van der Waals surface area contributed by atoms with Gasteiger partial charge in [0.15, 0.2) is 5.78 Å². The van der Waals surface area contributed by atoms with Crippen molar-refractivity contribution in [2.75, 3.05) is 12.9 Å². The fourth-order valence-electron chi connectivity index (χ4n) is 2.40. The molecule has 1 heterocycles. The zero-order chi connectivity index (χ0) is 16.2. The Morgan fingerprint density at radius 3 is 2.65 bits per heavy atom. The van der Waals surface area contributed by atoms with Gasteiger partial charge in [0.25, 0.3) is 0 Å². The van der Waals surface area contributed by atoms with Gasteiger partial charge in [-0.25, -0.2) is 4.98 Å². The van der Waals surface area contributed by atoms with Gasteiger partial charge in [-0.3, -0.25) is 4.79 Å². The Labute approximate surface area is 139 Å². The third-order valence-electron chi connectivity index (χ3n) is 3.65. The number of ketones is 1. The zero-order valence-electron chi connectivity index (χ0n) is 13.1. The maximum Gasteiger partial charge on any atom is 0.173 e. The molecule has 0 bridgehead atoms. The number of methoxy groups -OCH3 is 1. The molecule has 0 saturated heterocycles. The van der Waals surface area contributed by atoms with E-state index >= 15 is 0 Å². The van der Waals surface area contributed by atoms with Crippen LogP contribution in [0.2, 0.25) is 0 Å².